The number of sulfonamides is 1. The molecule has 35 heavy (non-hydrogen) atoms. The Morgan fingerprint density at radius 2 is 1.86 bits per heavy atom. The third kappa shape index (κ3) is 5.36. The molecule has 1 aliphatic heterocycles. The number of aromatic nitrogens is 1. The Hall–Kier alpha value is -3.30. The van der Waals surface area contributed by atoms with Crippen LogP contribution < -0.4 is 9.46 Å². The summed E-state index contributed by atoms with van der Waals surface area (Å²) in [5, 5.41) is 1.01. The molecule has 0 bridgehead atoms. The molecular formula is C26H29N3O5S. The van der Waals surface area contributed by atoms with Crippen molar-refractivity contribution < 1.29 is 22.7 Å². The largest absolute Gasteiger partial charge is 0.489 e. The van der Waals surface area contributed by atoms with Crippen molar-refractivity contribution in [1.82, 2.24) is 14.6 Å². The molecule has 184 valence electrons. The van der Waals surface area contributed by atoms with Crippen LogP contribution in [-0.4, -0.2) is 49.1 Å². The van der Waals surface area contributed by atoms with E-state index in [1.54, 1.807) is 30.9 Å². The van der Waals surface area contributed by atoms with Gasteiger partial charge in [0.1, 0.15) is 18.6 Å². The average molecular weight is 496 g/mol. The van der Waals surface area contributed by atoms with Gasteiger partial charge in [-0.3, -0.25) is 9.78 Å². The predicted octanol–water partition coefficient (Wildman–Crippen LogP) is 3.23. The lowest BCUT2D eigenvalue weighted by molar-refractivity contribution is -0.143. The van der Waals surface area contributed by atoms with Crippen molar-refractivity contribution in [2.45, 2.75) is 44.2 Å². The molecule has 1 amide bonds. The van der Waals surface area contributed by atoms with E-state index in [4.69, 9.17) is 4.74 Å². The number of fused-ring (bicyclic) bond motifs is 1. The molecule has 2 aromatic carbocycles. The summed E-state index contributed by atoms with van der Waals surface area (Å²) in [7, 11) is -3.90. The Balaban J connectivity index is 1.44. The van der Waals surface area contributed by atoms with Crippen LogP contribution in [0, 0.1) is 12.8 Å². The number of hydrogen-bond acceptors (Lipinski definition) is 6. The monoisotopic (exact) mass is 495 g/mol. The van der Waals surface area contributed by atoms with Gasteiger partial charge in [-0.2, -0.15) is 0 Å². The first-order chi connectivity index (χ1) is 16.6. The first kappa shape index (κ1) is 24.8. The van der Waals surface area contributed by atoms with Gasteiger partial charge in [0.2, 0.25) is 15.9 Å². The Kier molecular flexibility index (Phi) is 6.91. The zero-order chi connectivity index (χ0) is 25.2. The van der Waals surface area contributed by atoms with Crippen LogP contribution in [0.3, 0.4) is 0 Å². The average Bonchev–Trinajstić information content (AvgIpc) is 2.80. The minimum atomic E-state index is -3.90. The molecule has 1 N–H and O–H groups in total. The lowest BCUT2D eigenvalue weighted by Gasteiger charge is -2.50. The van der Waals surface area contributed by atoms with Gasteiger partial charge in [0, 0.05) is 42.1 Å². The minimum absolute atomic E-state index is 0.00535. The molecule has 0 spiro atoms. The van der Waals surface area contributed by atoms with E-state index in [-0.39, 0.29) is 36.2 Å². The number of amides is 1. The van der Waals surface area contributed by atoms with Crippen molar-refractivity contribution in [2.75, 3.05) is 13.1 Å². The summed E-state index contributed by atoms with van der Waals surface area (Å²) in [4.78, 5) is 29.6. The number of carbonyl (C=O) groups is 2. The van der Waals surface area contributed by atoms with Gasteiger partial charge in [0.05, 0.1) is 16.0 Å². The van der Waals surface area contributed by atoms with E-state index < -0.39 is 15.6 Å². The van der Waals surface area contributed by atoms with Crippen LogP contribution in [0.1, 0.15) is 31.5 Å². The summed E-state index contributed by atoms with van der Waals surface area (Å²) in [6.45, 7) is 6.16. The fourth-order valence-electron chi connectivity index (χ4n) is 4.33. The van der Waals surface area contributed by atoms with Crippen molar-refractivity contribution in [1.29, 1.82) is 0 Å². The fourth-order valence-corrected chi connectivity index (χ4v) is 5.73. The molecule has 8 nitrogen and oxygen atoms in total. The molecule has 2 heterocycles. The number of aryl methyl sites for hydroxylation is 1. The predicted molar refractivity (Wildman–Crippen MR) is 132 cm³/mol. The number of aldehydes is 1. The van der Waals surface area contributed by atoms with E-state index in [2.05, 4.69) is 9.71 Å². The maximum absolute atomic E-state index is 13.0. The molecule has 1 saturated heterocycles. The number of para-hydroxylation sites is 1. The van der Waals surface area contributed by atoms with Crippen molar-refractivity contribution in [3.63, 3.8) is 0 Å². The number of nitrogens with zero attached hydrogens (tertiary/aromatic N) is 2. The number of nitrogens with one attached hydrogen (secondary N) is 1. The number of pyridine rings is 1. The second-order valence-electron chi connectivity index (χ2n) is 9.31. The van der Waals surface area contributed by atoms with Crippen LogP contribution in [0.5, 0.6) is 5.75 Å². The summed E-state index contributed by atoms with van der Waals surface area (Å²) >= 11 is 0. The van der Waals surface area contributed by atoms with E-state index in [9.17, 15) is 18.0 Å². The van der Waals surface area contributed by atoms with E-state index in [1.807, 2.05) is 37.3 Å². The maximum atomic E-state index is 13.0. The second-order valence-corrected chi connectivity index (χ2v) is 11.0. The van der Waals surface area contributed by atoms with Gasteiger partial charge in [0.25, 0.3) is 0 Å². The molecule has 0 saturated carbocycles. The van der Waals surface area contributed by atoms with Crippen LogP contribution in [-0.2, 0) is 26.2 Å². The zero-order valence-corrected chi connectivity index (χ0v) is 20.8. The molecule has 1 aliphatic rings. The summed E-state index contributed by atoms with van der Waals surface area (Å²) in [6, 6.07) is 16.0. The maximum Gasteiger partial charge on any atom is 0.241 e. The molecule has 0 atom stereocenters. The summed E-state index contributed by atoms with van der Waals surface area (Å²) < 4.78 is 34.6. The highest BCUT2D eigenvalue weighted by Crippen LogP contribution is 2.28. The molecule has 1 aromatic heterocycles. The normalized spacial score (nSPS) is 15.1. The SMILES string of the molecule is Cc1cc(COc2ccc(S(=O)(=O)NC3(CC=O)CN(C(=O)C(C)C)C3)cc2)c2ccccc2n1. The van der Waals surface area contributed by atoms with Crippen molar-refractivity contribution in [3.8, 4) is 5.75 Å². The lowest BCUT2D eigenvalue weighted by Crippen LogP contribution is -2.71. The van der Waals surface area contributed by atoms with Crippen molar-refractivity contribution >= 4 is 33.1 Å². The lowest BCUT2D eigenvalue weighted by atomic mass is 9.87. The summed E-state index contributed by atoms with van der Waals surface area (Å²) in [5.74, 6) is 0.272. The summed E-state index contributed by atoms with van der Waals surface area (Å²) in [5.41, 5.74) is 1.80. The number of hydrogen-bond donors (Lipinski definition) is 1. The smallest absolute Gasteiger partial charge is 0.241 e. The third-order valence-electron chi connectivity index (χ3n) is 6.08. The molecular weight excluding hydrogens is 466 g/mol. The van der Waals surface area contributed by atoms with Gasteiger partial charge in [-0.05, 0) is 43.3 Å². The standard InChI is InChI=1S/C26H29N3O5S/c1-18(2)25(31)29-16-26(17-29,12-13-30)28-35(32,33)22-10-8-21(9-11-22)34-15-20-14-19(3)27-24-7-5-4-6-23(20)24/h4-11,13-14,18,28H,12,15-17H2,1-3H3. The highest BCUT2D eigenvalue weighted by molar-refractivity contribution is 7.89. The summed E-state index contributed by atoms with van der Waals surface area (Å²) in [6.07, 6.45) is 0.676. The van der Waals surface area contributed by atoms with E-state index in [0.717, 1.165) is 22.2 Å². The van der Waals surface area contributed by atoms with Crippen molar-refractivity contribution in [2.24, 2.45) is 5.92 Å². The Morgan fingerprint density at radius 3 is 2.51 bits per heavy atom. The van der Waals surface area contributed by atoms with E-state index in [0.29, 0.717) is 18.6 Å². The molecule has 0 unspecified atom stereocenters. The number of ether oxygens (including phenoxy) is 1. The molecule has 3 aromatic rings. The van der Waals surface area contributed by atoms with Gasteiger partial charge in [-0.15, -0.1) is 0 Å². The quantitative estimate of drug-likeness (QED) is 0.457. The third-order valence-corrected chi connectivity index (χ3v) is 7.67. The first-order valence-corrected chi connectivity index (χ1v) is 13.0. The van der Waals surface area contributed by atoms with Crippen LogP contribution in [0.15, 0.2) is 59.5 Å². The molecule has 4 rings (SSSR count). The van der Waals surface area contributed by atoms with Gasteiger partial charge in [-0.1, -0.05) is 32.0 Å². The topological polar surface area (TPSA) is 106 Å². The van der Waals surface area contributed by atoms with E-state index in [1.165, 1.54) is 12.1 Å². The van der Waals surface area contributed by atoms with Crippen LogP contribution in [0.4, 0.5) is 0 Å². The Bertz CT molecular complexity index is 1350. The number of carbonyl (C=O) groups excluding carboxylic acids is 2. The van der Waals surface area contributed by atoms with Crippen LogP contribution in [0.25, 0.3) is 10.9 Å². The number of rotatable bonds is 9. The minimum Gasteiger partial charge on any atom is -0.489 e. The van der Waals surface area contributed by atoms with Gasteiger partial charge in [-0.25, -0.2) is 13.1 Å². The van der Waals surface area contributed by atoms with Gasteiger partial charge < -0.3 is 14.4 Å². The molecule has 0 aliphatic carbocycles. The van der Waals surface area contributed by atoms with Gasteiger partial charge >= 0.3 is 0 Å². The van der Waals surface area contributed by atoms with Crippen molar-refractivity contribution in [3.05, 3.63) is 65.9 Å². The first-order valence-electron chi connectivity index (χ1n) is 11.5. The number of benzene rings is 2. The molecule has 1 fully saturated rings. The van der Waals surface area contributed by atoms with Crippen LogP contribution in [0.2, 0.25) is 0 Å². The zero-order valence-electron chi connectivity index (χ0n) is 20.0. The van der Waals surface area contributed by atoms with E-state index >= 15 is 0 Å². The fraction of sp³-hybridized carbons (Fsp3) is 0.346. The number of likely N-dealkylation sites (tertiary alicyclic amines) is 1. The second kappa shape index (κ2) is 9.75. The van der Waals surface area contributed by atoms with Gasteiger partial charge in [0.15, 0.2) is 0 Å². The Morgan fingerprint density at radius 1 is 1.17 bits per heavy atom. The van der Waals surface area contributed by atoms with Crippen LogP contribution >= 0.6 is 0 Å². The molecule has 9 heteroatoms. The Labute approximate surface area is 205 Å². The highest BCUT2D eigenvalue weighted by Gasteiger charge is 2.47. The highest BCUT2D eigenvalue weighted by atomic mass is 32.2. The molecule has 0 radical (unpaired) electrons.